The van der Waals surface area contributed by atoms with Gasteiger partial charge in [0, 0.05) is 11.3 Å². The minimum absolute atomic E-state index is 0.0452. The van der Waals surface area contributed by atoms with Gasteiger partial charge in [0.15, 0.2) is 5.69 Å². The number of aromatic nitrogens is 1. The van der Waals surface area contributed by atoms with E-state index in [4.69, 9.17) is 0 Å². The molecule has 216 valence electrons. The number of hydrogen-bond acceptors (Lipinski definition) is 4. The fourth-order valence-electron chi connectivity index (χ4n) is 4.72. The first-order valence-corrected chi connectivity index (χ1v) is 13.1. The minimum atomic E-state index is -4.40. The average Bonchev–Trinajstić information content (AvgIpc) is 3.18. The number of alkyl halides is 3. The van der Waals surface area contributed by atoms with Gasteiger partial charge in [-0.2, -0.15) is 18.3 Å². The molecule has 6 nitrogen and oxygen atoms in total. The Morgan fingerprint density at radius 1 is 1.00 bits per heavy atom. The average molecular weight is 574 g/mol. The van der Waals surface area contributed by atoms with Crippen LogP contribution in [0.1, 0.15) is 51.7 Å². The molecule has 9 heteroatoms. The SMILES string of the molecule is C=Cc1c(N=Nc2cccc(-c3cccc(C(=O)O)c3)c2C)c(O)n(-c2ccc(C)c(C)c2)c1/C=C(\C)CC(F)(F)F. The number of aromatic hydroxyl groups is 1. The van der Waals surface area contributed by atoms with Gasteiger partial charge in [-0.15, -0.1) is 5.11 Å². The smallest absolute Gasteiger partial charge is 0.392 e. The third-order valence-electron chi connectivity index (χ3n) is 6.99. The zero-order valence-corrected chi connectivity index (χ0v) is 23.6. The lowest BCUT2D eigenvalue weighted by molar-refractivity contribution is -0.126. The third kappa shape index (κ3) is 6.35. The van der Waals surface area contributed by atoms with E-state index in [1.165, 1.54) is 29.7 Å². The Balaban J connectivity index is 1.87. The monoisotopic (exact) mass is 573 g/mol. The van der Waals surface area contributed by atoms with Crippen LogP contribution in [0, 0.1) is 20.8 Å². The number of aromatic carboxylic acids is 1. The van der Waals surface area contributed by atoms with Gasteiger partial charge in [-0.25, -0.2) is 4.79 Å². The Hall–Kier alpha value is -4.92. The van der Waals surface area contributed by atoms with Gasteiger partial charge in [-0.05, 0) is 91.9 Å². The number of azo groups is 1. The predicted molar refractivity (Wildman–Crippen MR) is 159 cm³/mol. The molecular formula is C33H30F3N3O3. The summed E-state index contributed by atoms with van der Waals surface area (Å²) >= 11 is 0. The molecule has 0 aliphatic heterocycles. The van der Waals surface area contributed by atoms with Crippen LogP contribution in [0.25, 0.3) is 29.0 Å². The summed E-state index contributed by atoms with van der Waals surface area (Å²) in [6.45, 7) is 10.9. The summed E-state index contributed by atoms with van der Waals surface area (Å²) in [4.78, 5) is 11.5. The Morgan fingerprint density at radius 2 is 1.71 bits per heavy atom. The van der Waals surface area contributed by atoms with Crippen LogP contribution in [0.15, 0.2) is 83.0 Å². The van der Waals surface area contributed by atoms with Gasteiger partial charge >= 0.3 is 12.1 Å². The summed E-state index contributed by atoms with van der Waals surface area (Å²) in [5, 5.41) is 29.5. The van der Waals surface area contributed by atoms with E-state index in [0.29, 0.717) is 22.5 Å². The number of allylic oxidation sites excluding steroid dienone is 1. The highest BCUT2D eigenvalue weighted by Gasteiger charge is 2.28. The van der Waals surface area contributed by atoms with Crippen LogP contribution in [0.4, 0.5) is 24.5 Å². The van der Waals surface area contributed by atoms with Crippen molar-refractivity contribution in [3.8, 4) is 22.7 Å². The number of benzene rings is 3. The molecule has 0 aliphatic rings. The van der Waals surface area contributed by atoms with Crippen molar-refractivity contribution < 1.29 is 28.2 Å². The van der Waals surface area contributed by atoms with Crippen LogP contribution in [-0.2, 0) is 0 Å². The molecule has 1 heterocycles. The maximum atomic E-state index is 13.2. The van der Waals surface area contributed by atoms with Crippen molar-refractivity contribution in [1.82, 2.24) is 4.57 Å². The molecule has 4 rings (SSSR count). The molecule has 0 bridgehead atoms. The molecule has 4 aromatic rings. The van der Waals surface area contributed by atoms with Gasteiger partial charge in [0.05, 0.1) is 23.4 Å². The standard InChI is InChI=1S/C33H30F3N3O3/c1-6-26-29(15-19(2)18-33(34,35)36)39(25-14-13-20(3)21(4)16-25)31(40)30(26)38-37-28-12-8-11-27(22(28)5)23-9-7-10-24(17-23)32(41)42/h6-17,40H,1,18H2,2-5H3,(H,41,42)/b19-15+,38-37?. The predicted octanol–water partition coefficient (Wildman–Crippen LogP) is 9.89. The number of carboxylic acid groups (broad SMARTS) is 1. The minimum Gasteiger partial charge on any atom is -0.493 e. The van der Waals surface area contributed by atoms with E-state index in [9.17, 15) is 28.2 Å². The Bertz CT molecular complexity index is 1750. The van der Waals surface area contributed by atoms with E-state index in [1.807, 2.05) is 39.0 Å². The number of nitrogens with zero attached hydrogens (tertiary/aromatic N) is 3. The van der Waals surface area contributed by atoms with Gasteiger partial charge in [0.2, 0.25) is 5.88 Å². The first-order chi connectivity index (χ1) is 19.8. The van der Waals surface area contributed by atoms with E-state index >= 15 is 0 Å². The molecule has 2 N–H and O–H groups in total. The lowest BCUT2D eigenvalue weighted by atomic mass is 9.98. The van der Waals surface area contributed by atoms with Crippen molar-refractivity contribution in [2.24, 2.45) is 10.2 Å². The second kappa shape index (κ2) is 11.9. The van der Waals surface area contributed by atoms with E-state index in [0.717, 1.165) is 22.3 Å². The van der Waals surface area contributed by atoms with E-state index in [1.54, 1.807) is 36.4 Å². The first kappa shape index (κ1) is 30.0. The summed E-state index contributed by atoms with van der Waals surface area (Å²) in [6, 6.07) is 17.3. The Morgan fingerprint density at radius 3 is 2.36 bits per heavy atom. The van der Waals surface area contributed by atoms with Crippen LogP contribution < -0.4 is 0 Å². The van der Waals surface area contributed by atoms with E-state index in [-0.39, 0.29) is 28.4 Å². The highest BCUT2D eigenvalue weighted by molar-refractivity contribution is 5.90. The zero-order valence-electron chi connectivity index (χ0n) is 23.6. The number of hydrogen-bond donors (Lipinski definition) is 2. The van der Waals surface area contributed by atoms with Crippen molar-refractivity contribution in [2.75, 3.05) is 0 Å². The molecule has 0 atom stereocenters. The summed E-state index contributed by atoms with van der Waals surface area (Å²) in [5.41, 5.74) is 5.97. The quantitative estimate of drug-likeness (QED) is 0.206. The first-order valence-electron chi connectivity index (χ1n) is 13.1. The van der Waals surface area contributed by atoms with Gasteiger partial charge in [0.25, 0.3) is 0 Å². The summed E-state index contributed by atoms with van der Waals surface area (Å²) in [6.07, 6.45) is -2.71. The van der Waals surface area contributed by atoms with E-state index in [2.05, 4.69) is 16.8 Å². The molecule has 0 fully saturated rings. The third-order valence-corrected chi connectivity index (χ3v) is 6.99. The van der Waals surface area contributed by atoms with Crippen LogP contribution in [-0.4, -0.2) is 26.9 Å². The molecule has 0 spiro atoms. The Kier molecular flexibility index (Phi) is 8.51. The number of halogens is 3. The zero-order chi connectivity index (χ0) is 30.8. The molecule has 0 unspecified atom stereocenters. The highest BCUT2D eigenvalue weighted by Crippen LogP contribution is 2.43. The molecule has 3 aromatic carbocycles. The van der Waals surface area contributed by atoms with Gasteiger partial charge in [0.1, 0.15) is 0 Å². The second-order valence-electron chi connectivity index (χ2n) is 10.1. The molecule has 0 amide bonds. The van der Waals surface area contributed by atoms with Crippen molar-refractivity contribution in [3.63, 3.8) is 0 Å². The summed E-state index contributed by atoms with van der Waals surface area (Å²) in [7, 11) is 0. The fourth-order valence-corrected chi connectivity index (χ4v) is 4.72. The molecule has 42 heavy (non-hydrogen) atoms. The number of carboxylic acids is 1. The summed E-state index contributed by atoms with van der Waals surface area (Å²) in [5.74, 6) is -1.34. The molecular weight excluding hydrogens is 543 g/mol. The van der Waals surface area contributed by atoms with Crippen molar-refractivity contribution >= 4 is 29.5 Å². The maximum absolute atomic E-state index is 13.2. The number of carbonyl (C=O) groups is 1. The molecule has 0 saturated carbocycles. The van der Waals surface area contributed by atoms with Crippen LogP contribution in [0.5, 0.6) is 5.88 Å². The molecule has 0 radical (unpaired) electrons. The summed E-state index contributed by atoms with van der Waals surface area (Å²) < 4.78 is 41.0. The lowest BCUT2D eigenvalue weighted by Gasteiger charge is -2.12. The van der Waals surface area contributed by atoms with Crippen molar-refractivity contribution in [3.05, 3.63) is 106 Å². The van der Waals surface area contributed by atoms with Gasteiger partial charge < -0.3 is 10.2 Å². The largest absolute Gasteiger partial charge is 0.493 e. The Labute approximate surface area is 241 Å². The highest BCUT2D eigenvalue weighted by atomic mass is 19.4. The molecule has 0 saturated heterocycles. The fraction of sp³-hybridized carbons (Fsp3) is 0.182. The van der Waals surface area contributed by atoms with Crippen molar-refractivity contribution in [1.29, 1.82) is 0 Å². The second-order valence-corrected chi connectivity index (χ2v) is 10.1. The number of aryl methyl sites for hydroxylation is 2. The molecule has 1 aromatic heterocycles. The normalized spacial score (nSPS) is 12.2. The van der Waals surface area contributed by atoms with E-state index < -0.39 is 18.6 Å². The van der Waals surface area contributed by atoms with Gasteiger partial charge in [-0.1, -0.05) is 48.6 Å². The van der Waals surface area contributed by atoms with Crippen LogP contribution in [0.2, 0.25) is 0 Å². The van der Waals surface area contributed by atoms with Gasteiger partial charge in [-0.3, -0.25) is 4.57 Å². The van der Waals surface area contributed by atoms with Crippen LogP contribution in [0.3, 0.4) is 0 Å². The molecule has 0 aliphatic carbocycles. The van der Waals surface area contributed by atoms with Crippen molar-refractivity contribution in [2.45, 2.75) is 40.3 Å². The topological polar surface area (TPSA) is 87.2 Å². The maximum Gasteiger partial charge on any atom is 0.392 e. The number of rotatable bonds is 8. The lowest BCUT2D eigenvalue weighted by Crippen LogP contribution is -2.07. The van der Waals surface area contributed by atoms with Crippen LogP contribution >= 0.6 is 0 Å².